The van der Waals surface area contributed by atoms with Gasteiger partial charge in [0.15, 0.2) is 5.78 Å². The van der Waals surface area contributed by atoms with E-state index < -0.39 is 16.6 Å². The molecule has 2 rings (SSSR count). The van der Waals surface area contributed by atoms with E-state index in [-0.39, 0.29) is 21.8 Å². The first-order valence-electron chi connectivity index (χ1n) is 11.9. The minimum absolute atomic E-state index is 0.121. The lowest BCUT2D eigenvalue weighted by Gasteiger charge is -2.36. The fourth-order valence-corrected chi connectivity index (χ4v) is 5.27. The van der Waals surface area contributed by atoms with Crippen molar-refractivity contribution < 1.29 is 18.4 Å². The molecule has 1 fully saturated rings. The highest BCUT2D eigenvalue weighted by Crippen LogP contribution is 2.39. The van der Waals surface area contributed by atoms with Crippen molar-refractivity contribution in [1.29, 1.82) is 0 Å². The van der Waals surface area contributed by atoms with Crippen LogP contribution >= 0.6 is 0 Å². The van der Waals surface area contributed by atoms with Crippen molar-refractivity contribution >= 4 is 22.4 Å². The summed E-state index contributed by atoms with van der Waals surface area (Å²) >= 11 is 0. The number of hydrogen-bond donors (Lipinski definition) is 0. The Balaban J connectivity index is 2.14. The van der Waals surface area contributed by atoms with Crippen molar-refractivity contribution in [1.82, 2.24) is 0 Å². The van der Waals surface area contributed by atoms with Gasteiger partial charge in [-0.25, -0.2) is 0 Å². The maximum atomic E-state index is 13.2. The van der Waals surface area contributed by atoms with E-state index in [1.54, 1.807) is 0 Å². The summed E-state index contributed by atoms with van der Waals surface area (Å²) in [6.07, 6.45) is 3.78. The van der Waals surface area contributed by atoms with Crippen LogP contribution in [0.2, 0.25) is 36.3 Å². The first-order valence-corrected chi connectivity index (χ1v) is 17.7. The third-order valence-electron chi connectivity index (χ3n) is 7.38. The van der Waals surface area contributed by atoms with Crippen LogP contribution in [-0.2, 0) is 14.0 Å². The Hall–Kier alpha value is -1.64. The third kappa shape index (κ3) is 6.93. The molecule has 1 saturated heterocycles. The van der Waals surface area contributed by atoms with Crippen molar-refractivity contribution in [3.63, 3.8) is 0 Å². The molecule has 0 aliphatic carbocycles. The summed E-state index contributed by atoms with van der Waals surface area (Å²) in [5.74, 6) is 1.54. The number of ketones is 1. The number of carbonyl (C=O) groups excluding carboxylic acids is 1. The van der Waals surface area contributed by atoms with E-state index in [9.17, 15) is 4.79 Å². The number of rotatable bonds is 6. The Labute approximate surface area is 203 Å². The van der Waals surface area contributed by atoms with Gasteiger partial charge >= 0.3 is 0 Å². The molecule has 33 heavy (non-hydrogen) atoms. The highest BCUT2D eigenvalue weighted by Gasteiger charge is 2.40. The summed E-state index contributed by atoms with van der Waals surface area (Å²) in [5, 5.41) is 0.267. The van der Waals surface area contributed by atoms with Crippen molar-refractivity contribution in [2.75, 3.05) is 13.2 Å². The first-order chi connectivity index (χ1) is 14.9. The quantitative estimate of drug-likeness (QED) is 0.235. The zero-order chi connectivity index (χ0) is 25.2. The second-order valence-electron chi connectivity index (χ2n) is 12.2. The van der Waals surface area contributed by atoms with Gasteiger partial charge in [-0.2, -0.15) is 0 Å². The standard InChI is InChI=1S/C27H44O4Si2/c1-20(30-32(8,9)26(2,3)4)12-13-22-18-29-19-24(25(22)28)21-14-16-23(17-15-21)31-33(10,11)27(5,6)7/h12-17,24H,18-19H2,1-11H3/b20-12+,22-13+. The highest BCUT2D eigenvalue weighted by atomic mass is 28.4. The minimum atomic E-state index is -1.90. The van der Waals surface area contributed by atoms with Crippen molar-refractivity contribution in [2.24, 2.45) is 0 Å². The lowest BCUT2D eigenvalue weighted by atomic mass is 9.89. The summed E-state index contributed by atoms with van der Waals surface area (Å²) in [6, 6.07) is 7.97. The number of benzene rings is 1. The molecule has 1 atom stereocenters. The molecule has 0 spiro atoms. The fourth-order valence-electron chi connectivity index (χ4n) is 3.06. The molecule has 0 N–H and O–H groups in total. The summed E-state index contributed by atoms with van der Waals surface area (Å²) in [6.45, 7) is 25.0. The molecule has 0 radical (unpaired) electrons. The average Bonchev–Trinajstić information content (AvgIpc) is 2.65. The van der Waals surface area contributed by atoms with Crippen molar-refractivity contribution in [2.45, 2.75) is 90.6 Å². The summed E-state index contributed by atoms with van der Waals surface area (Å²) in [5.41, 5.74) is 1.65. The third-order valence-corrected chi connectivity index (χ3v) is 16.2. The average molecular weight is 489 g/mol. The SMILES string of the molecule is C/C(=C\C=C1/COCC(c2ccc(O[Si](C)(C)C(C)(C)C)cc2)C1=O)O[Si](C)(C)C(C)(C)C. The van der Waals surface area contributed by atoms with Gasteiger partial charge in [0.05, 0.1) is 24.9 Å². The Kier molecular flexibility index (Phi) is 8.30. The molecule has 0 aromatic heterocycles. The van der Waals surface area contributed by atoms with Gasteiger partial charge < -0.3 is 13.6 Å². The van der Waals surface area contributed by atoms with Crippen LogP contribution in [0.4, 0.5) is 0 Å². The zero-order valence-corrected chi connectivity index (χ0v) is 24.6. The van der Waals surface area contributed by atoms with Gasteiger partial charge in [-0.15, -0.1) is 0 Å². The topological polar surface area (TPSA) is 44.8 Å². The Bertz CT molecular complexity index is 898. The van der Waals surface area contributed by atoms with Gasteiger partial charge in [0.1, 0.15) is 5.75 Å². The van der Waals surface area contributed by atoms with Gasteiger partial charge in [-0.05, 0) is 73.0 Å². The molecule has 1 aromatic carbocycles. The molecule has 1 aliphatic rings. The maximum absolute atomic E-state index is 13.2. The number of carbonyl (C=O) groups is 1. The molecule has 0 amide bonds. The van der Waals surface area contributed by atoms with Crippen molar-refractivity contribution in [3.8, 4) is 5.75 Å². The number of Topliss-reactive ketones (excluding diaryl/α,β-unsaturated/α-hetero) is 1. The molecule has 0 bridgehead atoms. The Morgan fingerprint density at radius 3 is 2.03 bits per heavy atom. The molecule has 1 aliphatic heterocycles. The molecular weight excluding hydrogens is 444 g/mol. The van der Waals surface area contributed by atoms with Crippen LogP contribution in [0.1, 0.15) is 59.9 Å². The van der Waals surface area contributed by atoms with Crippen LogP contribution in [0.25, 0.3) is 0 Å². The summed E-state index contributed by atoms with van der Waals surface area (Å²) in [7, 11) is -3.79. The molecule has 4 nitrogen and oxygen atoms in total. The maximum Gasteiger partial charge on any atom is 0.250 e. The fraction of sp³-hybridized carbons (Fsp3) is 0.593. The van der Waals surface area contributed by atoms with E-state index >= 15 is 0 Å². The first kappa shape index (κ1) is 27.6. The van der Waals surface area contributed by atoms with Crippen LogP contribution < -0.4 is 4.43 Å². The van der Waals surface area contributed by atoms with Gasteiger partial charge in [-0.3, -0.25) is 4.79 Å². The second-order valence-corrected chi connectivity index (χ2v) is 21.6. The van der Waals surface area contributed by atoms with Gasteiger partial charge in [-0.1, -0.05) is 53.7 Å². The molecule has 1 aromatic rings. The van der Waals surface area contributed by atoms with Gasteiger partial charge in [0.25, 0.3) is 0 Å². The van der Waals surface area contributed by atoms with Gasteiger partial charge in [0, 0.05) is 5.57 Å². The smallest absolute Gasteiger partial charge is 0.250 e. The van der Waals surface area contributed by atoms with Crippen LogP contribution in [0.3, 0.4) is 0 Å². The summed E-state index contributed by atoms with van der Waals surface area (Å²) < 4.78 is 18.5. The number of hydrogen-bond acceptors (Lipinski definition) is 4. The van der Waals surface area contributed by atoms with E-state index in [0.717, 1.165) is 17.1 Å². The van der Waals surface area contributed by atoms with Crippen molar-refractivity contribution in [3.05, 3.63) is 53.3 Å². The Morgan fingerprint density at radius 1 is 0.970 bits per heavy atom. The summed E-state index contributed by atoms with van der Waals surface area (Å²) in [4.78, 5) is 13.2. The van der Waals surface area contributed by atoms with E-state index in [4.69, 9.17) is 13.6 Å². The van der Waals surface area contributed by atoms with Crippen LogP contribution in [-0.4, -0.2) is 35.6 Å². The molecule has 0 saturated carbocycles. The highest BCUT2D eigenvalue weighted by molar-refractivity contribution is 6.75. The lowest BCUT2D eigenvalue weighted by Crippen LogP contribution is -2.43. The predicted molar refractivity (Wildman–Crippen MR) is 143 cm³/mol. The predicted octanol–water partition coefficient (Wildman–Crippen LogP) is 7.61. The number of ether oxygens (including phenoxy) is 1. The zero-order valence-electron chi connectivity index (χ0n) is 22.6. The van der Waals surface area contributed by atoms with Crippen LogP contribution in [0, 0.1) is 0 Å². The lowest BCUT2D eigenvalue weighted by molar-refractivity contribution is -0.121. The number of allylic oxidation sites excluding steroid dienone is 3. The van der Waals surface area contributed by atoms with E-state index in [2.05, 4.69) is 67.7 Å². The van der Waals surface area contributed by atoms with Gasteiger partial charge in [0.2, 0.25) is 16.6 Å². The molecule has 6 heteroatoms. The minimum Gasteiger partial charge on any atom is -0.547 e. The largest absolute Gasteiger partial charge is 0.547 e. The van der Waals surface area contributed by atoms with Crippen LogP contribution in [0.5, 0.6) is 5.75 Å². The van der Waals surface area contributed by atoms with E-state index in [0.29, 0.717) is 18.8 Å². The molecule has 1 unspecified atom stereocenters. The second kappa shape index (κ2) is 9.92. The normalized spacial score (nSPS) is 20.2. The monoisotopic (exact) mass is 488 g/mol. The van der Waals surface area contributed by atoms with E-state index in [1.165, 1.54) is 0 Å². The van der Waals surface area contributed by atoms with E-state index in [1.807, 2.05) is 43.3 Å². The molecule has 1 heterocycles. The molecule has 184 valence electrons. The Morgan fingerprint density at radius 2 is 1.52 bits per heavy atom. The molecular formula is C27H44O4Si2. The van der Waals surface area contributed by atoms with Crippen LogP contribution in [0.15, 0.2) is 47.7 Å².